The van der Waals surface area contributed by atoms with E-state index in [0.717, 1.165) is 32.0 Å². The summed E-state index contributed by atoms with van der Waals surface area (Å²) in [4.78, 5) is 25.6. The van der Waals surface area contributed by atoms with E-state index < -0.39 is 0 Å². The number of ether oxygens (including phenoxy) is 1. The lowest BCUT2D eigenvalue weighted by atomic mass is 9.89. The first-order valence-electron chi connectivity index (χ1n) is 8.59. The van der Waals surface area contributed by atoms with Crippen molar-refractivity contribution in [2.24, 2.45) is 11.8 Å². The molecule has 2 saturated heterocycles. The minimum atomic E-state index is -0.0385. The number of piperidine rings is 1. The number of hydrogen-bond donors (Lipinski definition) is 0. The van der Waals surface area contributed by atoms with Crippen LogP contribution in [0.5, 0.6) is 0 Å². The Bertz CT molecular complexity index is 563. The van der Waals surface area contributed by atoms with Crippen LogP contribution in [0.3, 0.4) is 0 Å². The molecule has 0 radical (unpaired) electrons. The highest BCUT2D eigenvalue weighted by Crippen LogP contribution is 2.36. The molecule has 6 heteroatoms. The number of carbonyl (C=O) groups is 1. The number of rotatable bonds is 4. The molecule has 3 aliphatic rings. The van der Waals surface area contributed by atoms with Gasteiger partial charge in [0, 0.05) is 51.6 Å². The number of fused-ring (bicyclic) bond motifs is 1. The molecule has 23 heavy (non-hydrogen) atoms. The Morgan fingerprint density at radius 2 is 2.04 bits per heavy atom. The molecule has 4 rings (SSSR count). The average molecular weight is 316 g/mol. The first-order valence-corrected chi connectivity index (χ1v) is 8.59. The molecule has 1 aromatic heterocycles. The molecule has 1 aliphatic carbocycles. The number of aromatic nitrogens is 2. The van der Waals surface area contributed by atoms with Crippen molar-refractivity contribution in [1.82, 2.24) is 19.8 Å². The van der Waals surface area contributed by atoms with Crippen molar-refractivity contribution in [3.05, 3.63) is 24.3 Å². The summed E-state index contributed by atoms with van der Waals surface area (Å²) in [6.07, 6.45) is 7.14. The summed E-state index contributed by atoms with van der Waals surface area (Å²) in [5.74, 6) is 1.55. The molecule has 0 N–H and O–H groups in total. The second kappa shape index (κ2) is 6.17. The maximum atomic E-state index is 12.8. The van der Waals surface area contributed by atoms with Crippen LogP contribution in [0.1, 0.15) is 29.9 Å². The third kappa shape index (κ3) is 2.97. The fourth-order valence-electron chi connectivity index (χ4n) is 4.13. The summed E-state index contributed by atoms with van der Waals surface area (Å²) in [6.45, 7) is 3.90. The van der Waals surface area contributed by atoms with Gasteiger partial charge in [0.05, 0.1) is 12.1 Å². The van der Waals surface area contributed by atoms with Gasteiger partial charge in [0.25, 0.3) is 5.91 Å². The van der Waals surface area contributed by atoms with E-state index in [-0.39, 0.29) is 18.1 Å². The number of likely N-dealkylation sites (tertiary alicyclic amines) is 2. The van der Waals surface area contributed by atoms with Gasteiger partial charge in [-0.15, -0.1) is 0 Å². The van der Waals surface area contributed by atoms with E-state index in [1.165, 1.54) is 19.4 Å². The molecule has 1 saturated carbocycles. The summed E-state index contributed by atoms with van der Waals surface area (Å²) < 4.78 is 5.71. The van der Waals surface area contributed by atoms with Crippen LogP contribution in [-0.4, -0.2) is 71.1 Å². The second-order valence-corrected chi connectivity index (χ2v) is 7.03. The molecule has 1 aromatic rings. The molecule has 0 aromatic carbocycles. The molecular weight excluding hydrogens is 292 g/mol. The van der Waals surface area contributed by atoms with Crippen molar-refractivity contribution < 1.29 is 9.53 Å². The minimum absolute atomic E-state index is 0.0385. The Morgan fingerprint density at radius 3 is 2.74 bits per heavy atom. The lowest BCUT2D eigenvalue weighted by molar-refractivity contribution is -0.0160. The third-order valence-corrected chi connectivity index (χ3v) is 5.47. The lowest BCUT2D eigenvalue weighted by Gasteiger charge is -2.40. The number of methoxy groups -OCH3 is 1. The molecule has 6 nitrogen and oxygen atoms in total. The highest BCUT2D eigenvalue weighted by atomic mass is 16.5. The molecule has 3 atom stereocenters. The number of amides is 1. The summed E-state index contributed by atoms with van der Waals surface area (Å²) in [7, 11) is 1.79. The van der Waals surface area contributed by atoms with Gasteiger partial charge >= 0.3 is 0 Å². The maximum absolute atomic E-state index is 12.8. The lowest BCUT2D eigenvalue weighted by Crippen LogP contribution is -2.53. The predicted octanol–water partition coefficient (Wildman–Crippen LogP) is 1.05. The van der Waals surface area contributed by atoms with E-state index in [1.807, 2.05) is 4.90 Å². The summed E-state index contributed by atoms with van der Waals surface area (Å²) >= 11 is 0. The molecule has 124 valence electrons. The second-order valence-electron chi connectivity index (χ2n) is 7.03. The van der Waals surface area contributed by atoms with Crippen LogP contribution in [0.15, 0.2) is 18.5 Å². The minimum Gasteiger partial charge on any atom is -0.381 e. The smallest absolute Gasteiger partial charge is 0.291 e. The van der Waals surface area contributed by atoms with Gasteiger partial charge in [-0.05, 0) is 31.2 Å². The highest BCUT2D eigenvalue weighted by Gasteiger charge is 2.47. The molecule has 1 amide bonds. The fourth-order valence-corrected chi connectivity index (χ4v) is 4.13. The van der Waals surface area contributed by atoms with Gasteiger partial charge in [0.2, 0.25) is 5.82 Å². The molecule has 3 heterocycles. The Balaban J connectivity index is 1.52. The number of nitrogens with zero attached hydrogens (tertiary/aromatic N) is 4. The van der Waals surface area contributed by atoms with Crippen LogP contribution in [0.4, 0.5) is 0 Å². The van der Waals surface area contributed by atoms with Gasteiger partial charge < -0.3 is 14.5 Å². The molecule has 0 bridgehead atoms. The fraction of sp³-hybridized carbons (Fsp3) is 0.706. The Hall–Kier alpha value is -1.53. The number of carbonyl (C=O) groups excluding carboxylic acids is 1. The van der Waals surface area contributed by atoms with E-state index in [9.17, 15) is 4.79 Å². The Morgan fingerprint density at radius 1 is 1.26 bits per heavy atom. The standard InChI is InChI=1S/C17H24N4O2/c1-23-15-5-8-21(17(22)16-18-6-2-7-19-16)14-11-20(10-13(14)15)9-12-3-4-12/h2,6-7,12-15H,3-5,8-11H2,1H3/t13-,14+,15-/m1/s1. The maximum Gasteiger partial charge on any atom is 0.291 e. The largest absolute Gasteiger partial charge is 0.381 e. The molecular formula is C17H24N4O2. The van der Waals surface area contributed by atoms with Crippen molar-refractivity contribution >= 4 is 5.91 Å². The summed E-state index contributed by atoms with van der Waals surface area (Å²) in [5, 5.41) is 0. The van der Waals surface area contributed by atoms with Gasteiger partial charge in [0.15, 0.2) is 0 Å². The first kappa shape index (κ1) is 15.0. The molecule has 2 aliphatic heterocycles. The van der Waals surface area contributed by atoms with Crippen LogP contribution in [0, 0.1) is 11.8 Å². The SMILES string of the molecule is CO[C@@H]1CCN(C(=O)c2ncccn2)[C@H]2CN(CC3CC3)C[C@@H]12. The molecule has 0 spiro atoms. The van der Waals surface area contributed by atoms with Crippen molar-refractivity contribution in [2.75, 3.05) is 33.3 Å². The topological polar surface area (TPSA) is 58.6 Å². The zero-order valence-corrected chi connectivity index (χ0v) is 13.6. The van der Waals surface area contributed by atoms with E-state index >= 15 is 0 Å². The average Bonchev–Trinajstić information content (AvgIpc) is 3.30. The predicted molar refractivity (Wildman–Crippen MR) is 84.9 cm³/mol. The Labute approximate surface area is 136 Å². The Kier molecular flexibility index (Phi) is 4.03. The van der Waals surface area contributed by atoms with Gasteiger partial charge in [-0.1, -0.05) is 0 Å². The van der Waals surface area contributed by atoms with Gasteiger partial charge in [-0.25, -0.2) is 9.97 Å². The van der Waals surface area contributed by atoms with Crippen molar-refractivity contribution in [1.29, 1.82) is 0 Å². The van der Waals surface area contributed by atoms with E-state index in [4.69, 9.17) is 4.74 Å². The van der Waals surface area contributed by atoms with Gasteiger partial charge in [0.1, 0.15) is 0 Å². The van der Waals surface area contributed by atoms with Crippen molar-refractivity contribution in [2.45, 2.75) is 31.4 Å². The van der Waals surface area contributed by atoms with Crippen LogP contribution >= 0.6 is 0 Å². The van der Waals surface area contributed by atoms with Crippen molar-refractivity contribution in [3.63, 3.8) is 0 Å². The van der Waals surface area contributed by atoms with Gasteiger partial charge in [-0.3, -0.25) is 4.79 Å². The van der Waals surface area contributed by atoms with Crippen LogP contribution in [0.25, 0.3) is 0 Å². The third-order valence-electron chi connectivity index (χ3n) is 5.47. The summed E-state index contributed by atoms with van der Waals surface area (Å²) in [5.41, 5.74) is 0. The monoisotopic (exact) mass is 316 g/mol. The van der Waals surface area contributed by atoms with Crippen molar-refractivity contribution in [3.8, 4) is 0 Å². The van der Waals surface area contributed by atoms with Gasteiger partial charge in [-0.2, -0.15) is 0 Å². The first-order chi connectivity index (χ1) is 11.3. The van der Waals surface area contributed by atoms with Crippen LogP contribution < -0.4 is 0 Å². The normalized spacial score (nSPS) is 31.2. The zero-order chi connectivity index (χ0) is 15.8. The molecule has 3 fully saturated rings. The zero-order valence-electron chi connectivity index (χ0n) is 13.6. The van der Waals surface area contributed by atoms with Crippen LogP contribution in [0.2, 0.25) is 0 Å². The highest BCUT2D eigenvalue weighted by molar-refractivity contribution is 5.90. The van der Waals surface area contributed by atoms with E-state index in [2.05, 4.69) is 14.9 Å². The molecule has 0 unspecified atom stereocenters. The summed E-state index contributed by atoms with van der Waals surface area (Å²) in [6, 6.07) is 1.97. The van der Waals surface area contributed by atoms with E-state index in [1.54, 1.807) is 25.6 Å². The van der Waals surface area contributed by atoms with E-state index in [0.29, 0.717) is 11.7 Å². The number of hydrogen-bond acceptors (Lipinski definition) is 5. The van der Waals surface area contributed by atoms with Crippen LogP contribution in [-0.2, 0) is 4.74 Å². The quantitative estimate of drug-likeness (QED) is 0.831.